The number of nitrogens with zero attached hydrogens (tertiary/aromatic N) is 1. The summed E-state index contributed by atoms with van der Waals surface area (Å²) in [5.74, 6) is -0.670. The molecule has 0 aromatic heterocycles. The lowest BCUT2D eigenvalue weighted by Gasteiger charge is -2.15. The van der Waals surface area contributed by atoms with Gasteiger partial charge in [0.05, 0.1) is 5.92 Å². The van der Waals surface area contributed by atoms with E-state index in [2.05, 4.69) is 0 Å². The maximum atomic E-state index is 10.7. The van der Waals surface area contributed by atoms with E-state index in [0.717, 1.165) is 11.8 Å². The summed E-state index contributed by atoms with van der Waals surface area (Å²) in [6.07, 6.45) is 0.765. The third-order valence-corrected chi connectivity index (χ3v) is 2.42. The van der Waals surface area contributed by atoms with E-state index in [4.69, 9.17) is 0 Å². The second-order valence-corrected chi connectivity index (χ2v) is 3.53. The van der Waals surface area contributed by atoms with Gasteiger partial charge in [-0.1, -0.05) is 37.3 Å². The van der Waals surface area contributed by atoms with Gasteiger partial charge in [0.1, 0.15) is 6.29 Å². The molecule has 0 amide bonds. The highest BCUT2D eigenvalue weighted by atomic mass is 16.6. The maximum absolute atomic E-state index is 10.7. The minimum atomic E-state index is -0.377. The molecule has 2 atom stereocenters. The minimum absolute atomic E-state index is 0.204. The van der Waals surface area contributed by atoms with Crippen molar-refractivity contribution in [2.75, 3.05) is 6.54 Å². The number of hydrogen-bond acceptors (Lipinski definition) is 3. The van der Waals surface area contributed by atoms with E-state index < -0.39 is 0 Å². The van der Waals surface area contributed by atoms with Crippen molar-refractivity contribution in [3.8, 4) is 0 Å². The van der Waals surface area contributed by atoms with Gasteiger partial charge in [-0.05, 0) is 5.56 Å². The van der Waals surface area contributed by atoms with Gasteiger partial charge in [-0.2, -0.15) is 0 Å². The van der Waals surface area contributed by atoms with Crippen molar-refractivity contribution in [3.05, 3.63) is 46.0 Å². The van der Waals surface area contributed by atoms with E-state index in [1.165, 1.54) is 0 Å². The highest BCUT2D eigenvalue weighted by Crippen LogP contribution is 2.23. The van der Waals surface area contributed by atoms with Crippen molar-refractivity contribution >= 4 is 6.29 Å². The van der Waals surface area contributed by atoms with Gasteiger partial charge < -0.3 is 4.79 Å². The first-order chi connectivity index (χ1) is 7.15. The van der Waals surface area contributed by atoms with Gasteiger partial charge >= 0.3 is 0 Å². The Hall–Kier alpha value is -1.71. The SMILES string of the molecule is CC(C=O)C(C[N+](=O)[O-])c1ccccc1. The number of rotatable bonds is 5. The summed E-state index contributed by atoms with van der Waals surface area (Å²) in [6.45, 7) is 1.50. The van der Waals surface area contributed by atoms with Crippen LogP contribution in [0.5, 0.6) is 0 Å². The zero-order valence-corrected chi connectivity index (χ0v) is 8.50. The van der Waals surface area contributed by atoms with E-state index in [1.807, 2.05) is 30.3 Å². The summed E-state index contributed by atoms with van der Waals surface area (Å²) >= 11 is 0. The smallest absolute Gasteiger partial charge is 0.211 e. The molecule has 0 heterocycles. The monoisotopic (exact) mass is 207 g/mol. The predicted octanol–water partition coefficient (Wildman–Crippen LogP) is 1.88. The number of nitro groups is 1. The van der Waals surface area contributed by atoms with Crippen molar-refractivity contribution < 1.29 is 9.72 Å². The van der Waals surface area contributed by atoms with E-state index in [9.17, 15) is 14.9 Å². The first-order valence-corrected chi connectivity index (χ1v) is 4.77. The van der Waals surface area contributed by atoms with Crippen LogP contribution >= 0.6 is 0 Å². The number of carbonyl (C=O) groups is 1. The molecule has 0 saturated heterocycles. The summed E-state index contributed by atoms with van der Waals surface area (Å²) in [5.41, 5.74) is 0.841. The standard InChI is InChI=1S/C11H13NO3/c1-9(8-13)11(7-12(14)15)10-5-3-2-4-6-10/h2-6,8-9,11H,7H2,1H3. The molecule has 1 rings (SSSR count). The highest BCUT2D eigenvalue weighted by Gasteiger charge is 2.23. The molecule has 4 nitrogen and oxygen atoms in total. The Balaban J connectivity index is 2.90. The molecular formula is C11H13NO3. The van der Waals surface area contributed by atoms with Crippen LogP contribution in [0.4, 0.5) is 0 Å². The summed E-state index contributed by atoms with van der Waals surface area (Å²) in [4.78, 5) is 20.8. The molecule has 1 aromatic rings. The van der Waals surface area contributed by atoms with Crippen molar-refractivity contribution in [1.29, 1.82) is 0 Å². The molecule has 0 saturated carbocycles. The van der Waals surface area contributed by atoms with Gasteiger partial charge in [0.15, 0.2) is 0 Å². The molecule has 2 unspecified atom stereocenters. The lowest BCUT2D eigenvalue weighted by atomic mass is 9.88. The summed E-state index contributed by atoms with van der Waals surface area (Å²) < 4.78 is 0. The molecule has 0 aliphatic rings. The van der Waals surface area contributed by atoms with Gasteiger partial charge in [-0.25, -0.2) is 0 Å². The van der Waals surface area contributed by atoms with E-state index in [1.54, 1.807) is 6.92 Å². The normalized spacial score (nSPS) is 14.2. The molecular weight excluding hydrogens is 194 g/mol. The lowest BCUT2D eigenvalue weighted by Crippen LogP contribution is -2.20. The maximum Gasteiger partial charge on any atom is 0.211 e. The van der Waals surface area contributed by atoms with Crippen LogP contribution < -0.4 is 0 Å². The molecule has 0 spiro atoms. The third-order valence-electron chi connectivity index (χ3n) is 2.42. The predicted molar refractivity (Wildman–Crippen MR) is 56.3 cm³/mol. The summed E-state index contributed by atoms with van der Waals surface area (Å²) in [7, 11) is 0. The number of hydrogen-bond donors (Lipinski definition) is 0. The Kier molecular flexibility index (Phi) is 3.97. The van der Waals surface area contributed by atoms with Crippen LogP contribution in [0.3, 0.4) is 0 Å². The summed E-state index contributed by atoms with van der Waals surface area (Å²) in [6, 6.07) is 9.11. The Morgan fingerprint density at radius 1 is 1.40 bits per heavy atom. The van der Waals surface area contributed by atoms with Crippen molar-refractivity contribution in [3.63, 3.8) is 0 Å². The fraction of sp³-hybridized carbons (Fsp3) is 0.364. The Labute approximate surface area is 88.1 Å². The van der Waals surface area contributed by atoms with Crippen LogP contribution in [0.15, 0.2) is 30.3 Å². The van der Waals surface area contributed by atoms with Crippen LogP contribution in [-0.2, 0) is 4.79 Å². The Bertz CT molecular complexity index is 337. The van der Waals surface area contributed by atoms with E-state index in [-0.39, 0.29) is 23.3 Å². The average Bonchev–Trinajstić information content (AvgIpc) is 2.26. The van der Waals surface area contributed by atoms with E-state index >= 15 is 0 Å². The van der Waals surface area contributed by atoms with Crippen LogP contribution in [0.25, 0.3) is 0 Å². The molecule has 0 radical (unpaired) electrons. The van der Waals surface area contributed by atoms with Crippen LogP contribution in [-0.4, -0.2) is 17.8 Å². The molecule has 1 aromatic carbocycles. The van der Waals surface area contributed by atoms with Crippen LogP contribution in [0.1, 0.15) is 18.4 Å². The number of carbonyl (C=O) groups excluding carboxylic acids is 1. The third kappa shape index (κ3) is 3.16. The van der Waals surface area contributed by atoms with Gasteiger partial charge in [0.25, 0.3) is 0 Å². The average molecular weight is 207 g/mol. The van der Waals surface area contributed by atoms with Crippen molar-refractivity contribution in [2.45, 2.75) is 12.8 Å². The largest absolute Gasteiger partial charge is 0.303 e. The first kappa shape index (κ1) is 11.4. The molecule has 4 heteroatoms. The van der Waals surface area contributed by atoms with Gasteiger partial charge in [0.2, 0.25) is 6.54 Å². The van der Waals surface area contributed by atoms with Crippen LogP contribution in [0.2, 0.25) is 0 Å². The quantitative estimate of drug-likeness (QED) is 0.420. The Morgan fingerprint density at radius 3 is 2.47 bits per heavy atom. The molecule has 0 bridgehead atoms. The first-order valence-electron chi connectivity index (χ1n) is 4.77. The summed E-state index contributed by atoms with van der Waals surface area (Å²) in [5, 5.41) is 10.5. The lowest BCUT2D eigenvalue weighted by molar-refractivity contribution is -0.484. The van der Waals surface area contributed by atoms with Gasteiger partial charge in [-0.3, -0.25) is 10.1 Å². The topological polar surface area (TPSA) is 60.2 Å². The fourth-order valence-electron chi connectivity index (χ4n) is 1.53. The molecule has 80 valence electrons. The van der Waals surface area contributed by atoms with Gasteiger partial charge in [-0.15, -0.1) is 0 Å². The van der Waals surface area contributed by atoms with Gasteiger partial charge in [0, 0.05) is 10.8 Å². The molecule has 0 aliphatic carbocycles. The Morgan fingerprint density at radius 2 is 2.00 bits per heavy atom. The zero-order chi connectivity index (χ0) is 11.3. The molecule has 0 N–H and O–H groups in total. The number of aldehydes is 1. The minimum Gasteiger partial charge on any atom is -0.303 e. The highest BCUT2D eigenvalue weighted by molar-refractivity contribution is 5.55. The fourth-order valence-corrected chi connectivity index (χ4v) is 1.53. The number of benzene rings is 1. The molecule has 0 aliphatic heterocycles. The zero-order valence-electron chi connectivity index (χ0n) is 8.50. The second kappa shape index (κ2) is 5.24. The van der Waals surface area contributed by atoms with Crippen molar-refractivity contribution in [1.82, 2.24) is 0 Å². The van der Waals surface area contributed by atoms with E-state index in [0.29, 0.717) is 0 Å². The van der Waals surface area contributed by atoms with Crippen LogP contribution in [0, 0.1) is 16.0 Å². The molecule has 15 heavy (non-hydrogen) atoms. The molecule has 0 fully saturated rings. The van der Waals surface area contributed by atoms with Crippen molar-refractivity contribution in [2.24, 2.45) is 5.92 Å². The second-order valence-electron chi connectivity index (χ2n) is 3.53.